The van der Waals surface area contributed by atoms with Gasteiger partial charge < -0.3 is 4.74 Å². The molecular weight excluding hydrogens is 398 g/mol. The summed E-state index contributed by atoms with van der Waals surface area (Å²) in [6.45, 7) is 2.45. The molecule has 3 aromatic carbocycles. The molecule has 3 aromatic rings. The number of likely N-dealkylation sites (N-methyl/N-ethyl adjacent to an activating group) is 1. The van der Waals surface area contributed by atoms with Gasteiger partial charge in [0.1, 0.15) is 5.70 Å². The zero-order chi connectivity index (χ0) is 21.3. The lowest BCUT2D eigenvalue weighted by atomic mass is 10.0. The third-order valence-electron chi connectivity index (χ3n) is 5.27. The van der Waals surface area contributed by atoms with Crippen LogP contribution in [-0.2, 0) is 14.8 Å². The number of benzene rings is 3. The molecule has 0 unspecified atom stereocenters. The highest BCUT2D eigenvalue weighted by atomic mass is 32.2. The minimum Gasteiger partial charge on any atom is -0.491 e. The van der Waals surface area contributed by atoms with Crippen molar-refractivity contribution < 1.29 is 17.9 Å². The van der Waals surface area contributed by atoms with E-state index in [0.29, 0.717) is 23.5 Å². The SMILES string of the molecule is CCCCOC1=C(C(=O)c2ccc3ccccc3c2)N(C)S(=O)(=O)c2ccccc21. The third kappa shape index (κ3) is 3.37. The summed E-state index contributed by atoms with van der Waals surface area (Å²) in [7, 11) is -2.45. The number of Topliss-reactive ketones (excluding diaryl/α,β-unsaturated/α-hetero) is 1. The Morgan fingerprint density at radius 3 is 2.43 bits per heavy atom. The van der Waals surface area contributed by atoms with Gasteiger partial charge in [-0.25, -0.2) is 8.42 Å². The Balaban J connectivity index is 1.90. The molecule has 5 nitrogen and oxygen atoms in total. The van der Waals surface area contributed by atoms with Crippen molar-refractivity contribution in [3.8, 4) is 0 Å². The van der Waals surface area contributed by atoms with Crippen LogP contribution >= 0.6 is 0 Å². The molecule has 0 radical (unpaired) electrons. The molecule has 0 saturated carbocycles. The van der Waals surface area contributed by atoms with Crippen LogP contribution in [0.4, 0.5) is 0 Å². The van der Waals surface area contributed by atoms with Crippen molar-refractivity contribution in [1.82, 2.24) is 4.31 Å². The van der Waals surface area contributed by atoms with Gasteiger partial charge in [0, 0.05) is 18.2 Å². The predicted molar refractivity (Wildman–Crippen MR) is 117 cm³/mol. The van der Waals surface area contributed by atoms with Gasteiger partial charge in [-0.3, -0.25) is 9.10 Å². The molecule has 1 aliphatic heterocycles. The van der Waals surface area contributed by atoms with E-state index in [2.05, 4.69) is 0 Å². The molecule has 0 spiro atoms. The highest BCUT2D eigenvalue weighted by Gasteiger charge is 2.38. The Morgan fingerprint density at radius 2 is 1.67 bits per heavy atom. The molecule has 0 aromatic heterocycles. The van der Waals surface area contributed by atoms with Crippen molar-refractivity contribution in [3.05, 3.63) is 83.6 Å². The van der Waals surface area contributed by atoms with Crippen LogP contribution in [0.3, 0.4) is 0 Å². The Kier molecular flexibility index (Phi) is 5.35. The zero-order valence-electron chi connectivity index (χ0n) is 17.0. The van der Waals surface area contributed by atoms with Crippen molar-refractivity contribution in [2.75, 3.05) is 13.7 Å². The van der Waals surface area contributed by atoms with Crippen LogP contribution in [0.2, 0.25) is 0 Å². The molecule has 4 rings (SSSR count). The molecule has 30 heavy (non-hydrogen) atoms. The molecular formula is C24H23NO4S. The first-order valence-corrected chi connectivity index (χ1v) is 11.4. The van der Waals surface area contributed by atoms with Gasteiger partial charge >= 0.3 is 0 Å². The molecule has 0 fully saturated rings. The molecule has 0 bridgehead atoms. The number of unbranched alkanes of at least 4 members (excludes halogenated alkanes) is 1. The van der Waals surface area contributed by atoms with Crippen LogP contribution in [-0.4, -0.2) is 32.2 Å². The monoisotopic (exact) mass is 421 g/mol. The molecule has 6 heteroatoms. The van der Waals surface area contributed by atoms with Crippen LogP contribution in [0, 0.1) is 0 Å². The summed E-state index contributed by atoms with van der Waals surface area (Å²) in [5, 5.41) is 1.93. The van der Waals surface area contributed by atoms with Crippen molar-refractivity contribution in [2.24, 2.45) is 0 Å². The van der Waals surface area contributed by atoms with E-state index in [4.69, 9.17) is 4.74 Å². The number of ketones is 1. The summed E-state index contributed by atoms with van der Waals surface area (Å²) >= 11 is 0. The molecule has 0 saturated heterocycles. The summed E-state index contributed by atoms with van der Waals surface area (Å²) in [5.41, 5.74) is 0.887. The van der Waals surface area contributed by atoms with E-state index in [1.54, 1.807) is 36.4 Å². The van der Waals surface area contributed by atoms with Crippen LogP contribution in [0.5, 0.6) is 0 Å². The van der Waals surface area contributed by atoms with Gasteiger partial charge in [0.25, 0.3) is 10.0 Å². The molecule has 0 N–H and O–H groups in total. The average Bonchev–Trinajstić information content (AvgIpc) is 2.77. The highest BCUT2D eigenvalue weighted by Crippen LogP contribution is 2.38. The first-order valence-electron chi connectivity index (χ1n) is 9.94. The van der Waals surface area contributed by atoms with Gasteiger partial charge in [-0.2, -0.15) is 0 Å². The van der Waals surface area contributed by atoms with E-state index in [1.807, 2.05) is 37.3 Å². The number of nitrogens with zero attached hydrogens (tertiary/aromatic N) is 1. The van der Waals surface area contributed by atoms with Gasteiger partial charge in [0.15, 0.2) is 5.76 Å². The second kappa shape index (κ2) is 7.95. The van der Waals surface area contributed by atoms with Crippen molar-refractivity contribution in [1.29, 1.82) is 0 Å². The summed E-state index contributed by atoms with van der Waals surface area (Å²) < 4.78 is 33.3. The smallest absolute Gasteiger partial charge is 0.265 e. The van der Waals surface area contributed by atoms with Gasteiger partial charge in [-0.15, -0.1) is 0 Å². The highest BCUT2D eigenvalue weighted by molar-refractivity contribution is 7.89. The van der Waals surface area contributed by atoms with Gasteiger partial charge in [-0.05, 0) is 35.4 Å². The molecule has 1 aliphatic rings. The van der Waals surface area contributed by atoms with E-state index < -0.39 is 10.0 Å². The van der Waals surface area contributed by atoms with Crippen molar-refractivity contribution in [2.45, 2.75) is 24.7 Å². The first kappa shape index (κ1) is 20.2. The number of ether oxygens (including phenoxy) is 1. The summed E-state index contributed by atoms with van der Waals surface area (Å²) in [4.78, 5) is 13.7. The van der Waals surface area contributed by atoms with Crippen LogP contribution in [0.15, 0.2) is 77.3 Å². The van der Waals surface area contributed by atoms with Crippen LogP contribution < -0.4 is 0 Å². The van der Waals surface area contributed by atoms with Crippen molar-refractivity contribution in [3.63, 3.8) is 0 Å². The average molecular weight is 422 g/mol. The molecule has 0 atom stereocenters. The number of carbonyl (C=O) groups is 1. The second-order valence-corrected chi connectivity index (χ2v) is 9.18. The largest absolute Gasteiger partial charge is 0.491 e. The van der Waals surface area contributed by atoms with Gasteiger partial charge in [-0.1, -0.05) is 61.9 Å². The van der Waals surface area contributed by atoms with Crippen molar-refractivity contribution >= 4 is 32.3 Å². The Bertz CT molecular complexity index is 1260. The predicted octanol–water partition coefficient (Wildman–Crippen LogP) is 4.84. The van der Waals surface area contributed by atoms with Gasteiger partial charge in [0.2, 0.25) is 5.78 Å². The summed E-state index contributed by atoms with van der Waals surface area (Å²) in [6.07, 6.45) is 1.73. The normalized spacial score (nSPS) is 15.2. The van der Waals surface area contributed by atoms with E-state index >= 15 is 0 Å². The lowest BCUT2D eigenvalue weighted by molar-refractivity contribution is 0.101. The quantitative estimate of drug-likeness (QED) is 0.422. The standard InChI is InChI=1S/C24H23NO4S/c1-3-4-15-29-24-20-11-7-8-12-21(20)30(27,28)25(2)22(24)23(26)19-14-13-17-9-5-6-10-18(17)16-19/h5-14,16H,3-4,15H2,1-2H3. The molecule has 1 heterocycles. The Labute approximate surface area is 176 Å². The lowest BCUT2D eigenvalue weighted by Gasteiger charge is -2.30. The number of fused-ring (bicyclic) bond motifs is 2. The number of carbonyl (C=O) groups excluding carboxylic acids is 1. The fourth-order valence-corrected chi connectivity index (χ4v) is 4.99. The zero-order valence-corrected chi connectivity index (χ0v) is 17.8. The fourth-order valence-electron chi connectivity index (χ4n) is 3.60. The maximum atomic E-state index is 13.6. The minimum atomic E-state index is -3.85. The van der Waals surface area contributed by atoms with E-state index in [-0.39, 0.29) is 16.4 Å². The summed E-state index contributed by atoms with van der Waals surface area (Å²) in [5.74, 6) is -0.0673. The molecule has 0 amide bonds. The number of hydrogen-bond acceptors (Lipinski definition) is 4. The second-order valence-electron chi connectivity index (χ2n) is 7.24. The topological polar surface area (TPSA) is 63.7 Å². The first-order chi connectivity index (χ1) is 14.4. The molecule has 154 valence electrons. The number of sulfonamides is 1. The Morgan fingerprint density at radius 1 is 0.967 bits per heavy atom. The number of allylic oxidation sites excluding steroid dienone is 1. The van der Waals surface area contributed by atoms with E-state index in [9.17, 15) is 13.2 Å². The lowest BCUT2D eigenvalue weighted by Crippen LogP contribution is -2.35. The van der Waals surface area contributed by atoms with E-state index in [1.165, 1.54) is 7.05 Å². The third-order valence-corrected chi connectivity index (χ3v) is 7.09. The fraction of sp³-hybridized carbons (Fsp3) is 0.208. The minimum absolute atomic E-state index is 0.0417. The molecule has 0 aliphatic carbocycles. The summed E-state index contributed by atoms with van der Waals surface area (Å²) in [6, 6.07) is 19.8. The Hall–Kier alpha value is -3.12. The van der Waals surface area contributed by atoms with E-state index in [0.717, 1.165) is 27.9 Å². The maximum Gasteiger partial charge on any atom is 0.265 e. The maximum absolute atomic E-state index is 13.6. The van der Waals surface area contributed by atoms with Crippen LogP contribution in [0.25, 0.3) is 16.5 Å². The van der Waals surface area contributed by atoms with Gasteiger partial charge in [0.05, 0.1) is 11.5 Å². The number of hydrogen-bond donors (Lipinski definition) is 0. The van der Waals surface area contributed by atoms with Crippen LogP contribution in [0.1, 0.15) is 35.7 Å². The number of rotatable bonds is 6.